The largest absolute Gasteiger partial charge is 0.496 e. The molecule has 0 N–H and O–H groups in total. The van der Waals surface area contributed by atoms with Gasteiger partial charge >= 0.3 is 0 Å². The molecule has 0 radical (unpaired) electrons. The molecule has 32 heavy (non-hydrogen) atoms. The van der Waals surface area contributed by atoms with Gasteiger partial charge in [0, 0.05) is 23.4 Å². The van der Waals surface area contributed by atoms with Gasteiger partial charge in [-0.05, 0) is 48.7 Å². The number of oxazole rings is 1. The van der Waals surface area contributed by atoms with Gasteiger partial charge in [0.05, 0.1) is 24.8 Å². The van der Waals surface area contributed by atoms with Crippen molar-refractivity contribution in [1.29, 1.82) is 0 Å². The van der Waals surface area contributed by atoms with Crippen molar-refractivity contribution in [2.75, 3.05) is 13.0 Å². The van der Waals surface area contributed by atoms with Crippen LogP contribution in [0.15, 0.2) is 51.4 Å². The number of benzene rings is 2. The summed E-state index contributed by atoms with van der Waals surface area (Å²) >= 11 is 12.2. The Morgan fingerprint density at radius 1 is 1.12 bits per heavy atom. The second-order valence-electron chi connectivity index (χ2n) is 7.15. The van der Waals surface area contributed by atoms with Crippen molar-refractivity contribution in [3.63, 3.8) is 0 Å². The number of aromatic nitrogens is 3. The highest BCUT2D eigenvalue weighted by atomic mass is 35.5. The average molecular weight is 476 g/mol. The molecule has 2 heterocycles. The van der Waals surface area contributed by atoms with Crippen LogP contribution in [0, 0.1) is 12.7 Å². The summed E-state index contributed by atoms with van der Waals surface area (Å²) in [5.41, 5.74) is 2.15. The van der Waals surface area contributed by atoms with Gasteiger partial charge in [-0.2, -0.15) is 0 Å². The normalized spacial score (nSPS) is 12.2. The Labute approximate surface area is 194 Å². The van der Waals surface area contributed by atoms with Gasteiger partial charge in [-0.25, -0.2) is 9.37 Å². The van der Waals surface area contributed by atoms with E-state index in [1.54, 1.807) is 32.4 Å². The molecule has 4 rings (SSSR count). The van der Waals surface area contributed by atoms with Crippen molar-refractivity contribution in [1.82, 2.24) is 15.2 Å². The zero-order valence-corrected chi connectivity index (χ0v) is 19.0. The summed E-state index contributed by atoms with van der Waals surface area (Å²) in [6.07, 6.45) is 2.98. The quantitative estimate of drug-likeness (QED) is 0.265. The minimum absolute atomic E-state index is 0.303. The number of aryl methyl sites for hydroxylation is 1. The lowest BCUT2D eigenvalue weighted by atomic mass is 9.94. The van der Waals surface area contributed by atoms with E-state index in [-0.39, 0.29) is 5.92 Å². The molecule has 9 heteroatoms. The molecule has 6 nitrogen and oxygen atoms in total. The minimum Gasteiger partial charge on any atom is -0.496 e. The van der Waals surface area contributed by atoms with Crippen LogP contribution in [-0.2, 0) is 0 Å². The van der Waals surface area contributed by atoms with E-state index >= 15 is 0 Å². The van der Waals surface area contributed by atoms with Crippen LogP contribution in [0.5, 0.6) is 5.75 Å². The first-order valence-electron chi connectivity index (χ1n) is 9.95. The number of halogens is 3. The standard InChI is InChI=1S/C23H20Cl2FN3O3/c1-13-27-12-21(31-13)18-7-5-14(10-20(18)30-2)22-28-29-23(32-22)17(4-3-9-24)16-8-6-15(26)11-19(16)25/h5-8,10-12,17H,3-4,9H2,1-2H3. The fourth-order valence-electron chi connectivity index (χ4n) is 3.48. The Morgan fingerprint density at radius 3 is 2.66 bits per heavy atom. The van der Waals surface area contributed by atoms with Crippen LogP contribution in [0.4, 0.5) is 4.39 Å². The summed E-state index contributed by atoms with van der Waals surface area (Å²) < 4.78 is 30.7. The number of ether oxygens (including phenoxy) is 1. The van der Waals surface area contributed by atoms with Crippen molar-refractivity contribution >= 4 is 23.2 Å². The van der Waals surface area contributed by atoms with Crippen molar-refractivity contribution in [3.8, 4) is 28.5 Å². The number of hydrogen-bond donors (Lipinski definition) is 0. The van der Waals surface area contributed by atoms with Crippen molar-refractivity contribution in [3.05, 3.63) is 70.8 Å². The molecule has 0 aliphatic heterocycles. The smallest absolute Gasteiger partial charge is 0.247 e. The number of nitrogens with zero attached hydrogens (tertiary/aromatic N) is 3. The molecule has 4 aromatic rings. The maximum absolute atomic E-state index is 13.5. The van der Waals surface area contributed by atoms with Gasteiger partial charge in [-0.1, -0.05) is 17.7 Å². The molecule has 2 aromatic carbocycles. The molecule has 0 aliphatic rings. The molecule has 0 bridgehead atoms. The molecule has 0 aliphatic carbocycles. The molecule has 1 atom stereocenters. The monoisotopic (exact) mass is 475 g/mol. The Hall–Kier alpha value is -2.90. The molecular weight excluding hydrogens is 456 g/mol. The molecule has 0 amide bonds. The van der Waals surface area contributed by atoms with Gasteiger partial charge in [-0.15, -0.1) is 21.8 Å². The van der Waals surface area contributed by atoms with Crippen LogP contribution < -0.4 is 4.74 Å². The van der Waals surface area contributed by atoms with E-state index in [4.69, 9.17) is 36.8 Å². The van der Waals surface area contributed by atoms with E-state index in [0.717, 1.165) is 5.56 Å². The lowest BCUT2D eigenvalue weighted by molar-refractivity contribution is 0.414. The maximum atomic E-state index is 13.5. The number of rotatable bonds is 8. The molecule has 0 fully saturated rings. The molecule has 0 spiro atoms. The summed E-state index contributed by atoms with van der Waals surface area (Å²) in [6.45, 7) is 1.78. The first-order valence-corrected chi connectivity index (χ1v) is 10.9. The van der Waals surface area contributed by atoms with Crippen LogP contribution in [-0.4, -0.2) is 28.2 Å². The number of methoxy groups -OCH3 is 1. The third-order valence-electron chi connectivity index (χ3n) is 5.04. The van der Waals surface area contributed by atoms with Crippen LogP contribution in [0.25, 0.3) is 22.8 Å². The van der Waals surface area contributed by atoms with E-state index < -0.39 is 5.82 Å². The lowest BCUT2D eigenvalue weighted by Gasteiger charge is -2.14. The van der Waals surface area contributed by atoms with Gasteiger partial charge < -0.3 is 13.6 Å². The molecule has 0 saturated heterocycles. The van der Waals surface area contributed by atoms with E-state index in [1.165, 1.54) is 12.1 Å². The lowest BCUT2D eigenvalue weighted by Crippen LogP contribution is -2.04. The van der Waals surface area contributed by atoms with Gasteiger partial charge in [0.15, 0.2) is 11.7 Å². The minimum atomic E-state index is -0.407. The first-order chi connectivity index (χ1) is 15.5. The van der Waals surface area contributed by atoms with E-state index in [0.29, 0.717) is 64.1 Å². The molecule has 166 valence electrons. The number of hydrogen-bond acceptors (Lipinski definition) is 6. The summed E-state index contributed by atoms with van der Waals surface area (Å²) in [5.74, 6) is 2.21. The highest BCUT2D eigenvalue weighted by molar-refractivity contribution is 6.31. The Bertz CT molecular complexity index is 1220. The summed E-state index contributed by atoms with van der Waals surface area (Å²) in [4.78, 5) is 4.13. The Balaban J connectivity index is 1.68. The van der Waals surface area contributed by atoms with Crippen molar-refractivity contribution in [2.45, 2.75) is 25.7 Å². The van der Waals surface area contributed by atoms with E-state index in [9.17, 15) is 4.39 Å². The fraction of sp³-hybridized carbons (Fsp3) is 0.261. The summed E-state index contributed by atoms with van der Waals surface area (Å²) in [6, 6.07) is 9.75. The zero-order chi connectivity index (χ0) is 22.7. The third kappa shape index (κ3) is 4.64. The maximum Gasteiger partial charge on any atom is 0.247 e. The highest BCUT2D eigenvalue weighted by Crippen LogP contribution is 2.37. The predicted octanol–water partition coefficient (Wildman–Crippen LogP) is 6.65. The summed E-state index contributed by atoms with van der Waals surface area (Å²) in [7, 11) is 1.57. The highest BCUT2D eigenvalue weighted by Gasteiger charge is 2.24. The van der Waals surface area contributed by atoms with Gasteiger partial charge in [-0.3, -0.25) is 0 Å². The summed E-state index contributed by atoms with van der Waals surface area (Å²) in [5, 5.41) is 8.76. The van der Waals surface area contributed by atoms with E-state index in [2.05, 4.69) is 15.2 Å². The van der Waals surface area contributed by atoms with Gasteiger partial charge in [0.1, 0.15) is 11.6 Å². The van der Waals surface area contributed by atoms with Gasteiger partial charge in [0.25, 0.3) is 0 Å². The predicted molar refractivity (Wildman–Crippen MR) is 120 cm³/mol. The Morgan fingerprint density at radius 2 is 1.97 bits per heavy atom. The van der Waals surface area contributed by atoms with Crippen LogP contribution in [0.2, 0.25) is 5.02 Å². The van der Waals surface area contributed by atoms with Crippen LogP contribution >= 0.6 is 23.2 Å². The fourth-order valence-corrected chi connectivity index (χ4v) is 3.94. The topological polar surface area (TPSA) is 74.2 Å². The third-order valence-corrected chi connectivity index (χ3v) is 5.63. The van der Waals surface area contributed by atoms with Gasteiger partial charge in [0.2, 0.25) is 11.8 Å². The molecule has 1 unspecified atom stereocenters. The Kier molecular flexibility index (Phi) is 6.77. The molecular formula is C23H20Cl2FN3O3. The second-order valence-corrected chi connectivity index (χ2v) is 7.94. The van der Waals surface area contributed by atoms with Crippen molar-refractivity contribution < 1.29 is 18.0 Å². The first kappa shape index (κ1) is 22.3. The van der Waals surface area contributed by atoms with Crippen LogP contribution in [0.3, 0.4) is 0 Å². The number of alkyl halides is 1. The SMILES string of the molecule is COc1cc(-c2nnc(C(CCCCl)c3ccc(F)cc3Cl)o2)ccc1-c1cnc(C)o1. The molecule has 0 saturated carbocycles. The molecule has 2 aromatic heterocycles. The average Bonchev–Trinajstić information content (AvgIpc) is 3.44. The second kappa shape index (κ2) is 9.71. The van der Waals surface area contributed by atoms with Crippen molar-refractivity contribution in [2.24, 2.45) is 0 Å². The van der Waals surface area contributed by atoms with E-state index in [1.807, 2.05) is 12.1 Å². The van der Waals surface area contributed by atoms with Crippen LogP contribution in [0.1, 0.15) is 36.1 Å². The zero-order valence-electron chi connectivity index (χ0n) is 17.4.